The van der Waals surface area contributed by atoms with Crippen molar-refractivity contribution in [2.75, 3.05) is 0 Å². The van der Waals surface area contributed by atoms with Gasteiger partial charge in [-0.2, -0.15) is 23.4 Å². The van der Waals surface area contributed by atoms with Crippen LogP contribution >= 0.6 is 11.6 Å². The van der Waals surface area contributed by atoms with Gasteiger partial charge in [0.2, 0.25) is 0 Å². The van der Waals surface area contributed by atoms with Gasteiger partial charge in [0.05, 0.1) is 6.20 Å². The number of benzene rings is 1. The fourth-order valence-corrected chi connectivity index (χ4v) is 3.99. The van der Waals surface area contributed by atoms with Crippen LogP contribution < -0.4 is 0 Å². The predicted octanol–water partition coefficient (Wildman–Crippen LogP) is 4.70. The van der Waals surface area contributed by atoms with Crippen molar-refractivity contribution >= 4 is 28.2 Å². The van der Waals surface area contributed by atoms with Crippen LogP contribution in [0.1, 0.15) is 29.4 Å². The topological polar surface area (TPSA) is 48.0 Å². The summed E-state index contributed by atoms with van der Waals surface area (Å²) in [5, 5.41) is 8.47. The van der Waals surface area contributed by atoms with Crippen molar-refractivity contribution in [2.24, 2.45) is 0 Å². The Morgan fingerprint density at radius 2 is 1.96 bits per heavy atom. The average molecular weight is 410 g/mol. The number of imidazole rings is 1. The molecule has 5 nitrogen and oxygen atoms in total. The van der Waals surface area contributed by atoms with Crippen LogP contribution in [0.4, 0.5) is 17.6 Å². The summed E-state index contributed by atoms with van der Waals surface area (Å²) in [4.78, 5) is 4.28. The molecule has 0 bridgehead atoms. The van der Waals surface area contributed by atoms with Gasteiger partial charge in [0, 0.05) is 23.3 Å². The normalized spacial score (nSPS) is 19.6. The van der Waals surface area contributed by atoms with Gasteiger partial charge in [0.25, 0.3) is 0 Å². The molecule has 1 fully saturated rings. The van der Waals surface area contributed by atoms with E-state index in [0.29, 0.717) is 32.9 Å². The van der Waals surface area contributed by atoms with Gasteiger partial charge >= 0.3 is 6.18 Å². The van der Waals surface area contributed by atoms with Crippen LogP contribution in [0.3, 0.4) is 0 Å². The van der Waals surface area contributed by atoms with Crippen LogP contribution in [0, 0.1) is 5.82 Å². The number of halogens is 5. The standard InChI is InChI=1S/C18H12ClF4N5/c19-14-6-13(17-24-3-4-27(17)26-14)12-5-11(12)10-2-1-9-7-25-28(8-18(21,22)23)16(9)15(10)20/h1-4,6-7,11-12H,5,8H2/t11-,12?/m1/s1. The molecular formula is C18H12ClF4N5. The van der Waals surface area contributed by atoms with E-state index < -0.39 is 18.5 Å². The molecule has 1 aliphatic carbocycles. The number of nitrogens with zero attached hydrogens (tertiary/aromatic N) is 5. The first-order valence-electron chi connectivity index (χ1n) is 8.52. The van der Waals surface area contributed by atoms with E-state index in [-0.39, 0.29) is 17.4 Å². The van der Waals surface area contributed by atoms with E-state index in [4.69, 9.17) is 11.6 Å². The van der Waals surface area contributed by atoms with Gasteiger partial charge in [0.15, 0.2) is 11.5 Å². The smallest absolute Gasteiger partial charge is 0.253 e. The van der Waals surface area contributed by atoms with Crippen molar-refractivity contribution in [3.05, 3.63) is 58.9 Å². The Bertz CT molecular complexity index is 1210. The molecule has 1 aromatic carbocycles. The highest BCUT2D eigenvalue weighted by Gasteiger charge is 2.43. The third-order valence-corrected chi connectivity index (χ3v) is 5.23. The van der Waals surface area contributed by atoms with Gasteiger partial charge in [0.1, 0.15) is 17.2 Å². The van der Waals surface area contributed by atoms with Crippen molar-refractivity contribution in [2.45, 2.75) is 31.0 Å². The molecule has 0 spiro atoms. The lowest BCUT2D eigenvalue weighted by Gasteiger charge is -2.10. The van der Waals surface area contributed by atoms with Gasteiger partial charge in [-0.25, -0.2) is 13.9 Å². The van der Waals surface area contributed by atoms with E-state index in [1.54, 1.807) is 35.1 Å². The summed E-state index contributed by atoms with van der Waals surface area (Å²) in [5.74, 6) is -0.861. The highest BCUT2D eigenvalue weighted by molar-refractivity contribution is 6.29. The van der Waals surface area contributed by atoms with Gasteiger partial charge in [-0.15, -0.1) is 0 Å². The maximum absolute atomic E-state index is 15.2. The van der Waals surface area contributed by atoms with Crippen LogP contribution in [-0.4, -0.2) is 30.6 Å². The zero-order chi connectivity index (χ0) is 19.6. The fraction of sp³-hybridized carbons (Fsp3) is 0.278. The Hall–Kier alpha value is -2.68. The van der Waals surface area contributed by atoms with E-state index >= 15 is 4.39 Å². The molecule has 1 aliphatic rings. The van der Waals surface area contributed by atoms with Gasteiger partial charge < -0.3 is 0 Å². The van der Waals surface area contributed by atoms with E-state index in [0.717, 1.165) is 5.56 Å². The summed E-state index contributed by atoms with van der Waals surface area (Å²) < 4.78 is 55.7. The molecule has 2 atom stereocenters. The summed E-state index contributed by atoms with van der Waals surface area (Å²) in [7, 11) is 0. The third-order valence-electron chi connectivity index (χ3n) is 5.05. The SMILES string of the molecule is Fc1c([C@H]2CC2c2cc(Cl)nn3ccnc23)ccc2cnn(CC(F)(F)F)c12. The van der Waals surface area contributed by atoms with E-state index in [2.05, 4.69) is 15.2 Å². The average Bonchev–Trinajstić information content (AvgIpc) is 3.05. The second-order valence-corrected chi connectivity index (χ2v) is 7.28. The lowest BCUT2D eigenvalue weighted by molar-refractivity contribution is -0.141. The number of aromatic nitrogens is 5. The Morgan fingerprint density at radius 1 is 1.18 bits per heavy atom. The molecule has 0 aliphatic heterocycles. The Balaban J connectivity index is 1.55. The quantitative estimate of drug-likeness (QED) is 0.461. The Labute approximate surface area is 160 Å². The van der Waals surface area contributed by atoms with Crippen molar-refractivity contribution in [1.29, 1.82) is 0 Å². The predicted molar refractivity (Wildman–Crippen MR) is 93.8 cm³/mol. The van der Waals surface area contributed by atoms with Crippen LogP contribution in [0.2, 0.25) is 5.15 Å². The molecule has 0 radical (unpaired) electrons. The zero-order valence-corrected chi connectivity index (χ0v) is 14.9. The van der Waals surface area contributed by atoms with Crippen LogP contribution in [0.25, 0.3) is 16.6 Å². The molecular weight excluding hydrogens is 398 g/mol. The van der Waals surface area contributed by atoms with Gasteiger partial charge in [-0.1, -0.05) is 23.7 Å². The summed E-state index contributed by atoms with van der Waals surface area (Å²) >= 11 is 6.07. The summed E-state index contributed by atoms with van der Waals surface area (Å²) in [6.07, 6.45) is 0.684. The fourth-order valence-electron chi connectivity index (χ4n) is 3.79. The summed E-state index contributed by atoms with van der Waals surface area (Å²) in [6.45, 7) is -1.33. The van der Waals surface area contributed by atoms with E-state index in [1.807, 2.05) is 0 Å². The van der Waals surface area contributed by atoms with Crippen LogP contribution in [0.15, 0.2) is 36.8 Å². The van der Waals surface area contributed by atoms with Gasteiger partial charge in [-0.05, 0) is 29.9 Å². The molecule has 0 saturated heterocycles. The molecule has 5 rings (SSSR count). The second-order valence-electron chi connectivity index (χ2n) is 6.89. The van der Waals surface area contributed by atoms with Crippen molar-refractivity contribution < 1.29 is 17.6 Å². The largest absolute Gasteiger partial charge is 0.408 e. The summed E-state index contributed by atoms with van der Waals surface area (Å²) in [5.41, 5.74) is 1.73. The molecule has 3 heterocycles. The monoisotopic (exact) mass is 409 g/mol. The third kappa shape index (κ3) is 2.81. The number of hydrogen-bond acceptors (Lipinski definition) is 3. The molecule has 3 aromatic heterocycles. The zero-order valence-electron chi connectivity index (χ0n) is 14.2. The lowest BCUT2D eigenvalue weighted by atomic mass is 10.0. The van der Waals surface area contributed by atoms with Crippen LogP contribution in [0.5, 0.6) is 0 Å². The van der Waals surface area contributed by atoms with E-state index in [1.165, 1.54) is 6.20 Å². The Morgan fingerprint density at radius 3 is 2.75 bits per heavy atom. The molecule has 28 heavy (non-hydrogen) atoms. The minimum atomic E-state index is -4.48. The van der Waals surface area contributed by atoms with Crippen molar-refractivity contribution in [1.82, 2.24) is 24.4 Å². The first-order valence-corrected chi connectivity index (χ1v) is 8.90. The Kier molecular flexibility index (Phi) is 3.67. The first-order chi connectivity index (χ1) is 13.3. The number of alkyl halides is 3. The minimum Gasteiger partial charge on any atom is -0.253 e. The maximum Gasteiger partial charge on any atom is 0.408 e. The van der Waals surface area contributed by atoms with Crippen LogP contribution in [-0.2, 0) is 6.54 Å². The van der Waals surface area contributed by atoms with Crippen molar-refractivity contribution in [3.8, 4) is 0 Å². The van der Waals surface area contributed by atoms with E-state index in [9.17, 15) is 13.2 Å². The molecule has 10 heteroatoms. The number of hydrogen-bond donors (Lipinski definition) is 0. The number of fused-ring (bicyclic) bond motifs is 2. The highest BCUT2D eigenvalue weighted by Crippen LogP contribution is 2.56. The first kappa shape index (κ1) is 17.4. The second kappa shape index (κ2) is 5.91. The molecule has 4 aromatic rings. The lowest BCUT2D eigenvalue weighted by Crippen LogP contribution is -2.19. The van der Waals surface area contributed by atoms with Crippen molar-refractivity contribution in [3.63, 3.8) is 0 Å². The molecule has 0 N–H and O–H groups in total. The number of rotatable bonds is 3. The minimum absolute atomic E-state index is 0.0312. The molecule has 144 valence electrons. The molecule has 0 amide bonds. The molecule has 1 saturated carbocycles. The summed E-state index contributed by atoms with van der Waals surface area (Å²) in [6, 6.07) is 4.93. The van der Waals surface area contributed by atoms with Gasteiger partial charge in [-0.3, -0.25) is 4.68 Å². The highest BCUT2D eigenvalue weighted by atomic mass is 35.5. The maximum atomic E-state index is 15.2. The molecule has 1 unspecified atom stereocenters.